The van der Waals surface area contributed by atoms with E-state index in [1.807, 2.05) is 12.1 Å². The van der Waals surface area contributed by atoms with Crippen molar-refractivity contribution in [2.45, 2.75) is 26.3 Å². The lowest BCUT2D eigenvalue weighted by molar-refractivity contribution is -0.121. The van der Waals surface area contributed by atoms with Gasteiger partial charge in [0, 0.05) is 13.0 Å². The van der Waals surface area contributed by atoms with Gasteiger partial charge >= 0.3 is 0 Å². The average molecular weight is 361 g/mol. The van der Waals surface area contributed by atoms with E-state index in [2.05, 4.69) is 5.32 Å². The normalized spacial score (nSPS) is 10.3. The number of ether oxygens (including phenoxy) is 3. The molecule has 0 unspecified atom stereocenters. The van der Waals surface area contributed by atoms with Crippen molar-refractivity contribution in [3.63, 3.8) is 0 Å². The first kappa shape index (κ1) is 19.6. The molecule has 0 bridgehead atoms. The van der Waals surface area contributed by atoms with E-state index in [1.54, 1.807) is 40.4 Å². The molecule has 0 spiro atoms. The van der Waals surface area contributed by atoms with Crippen LogP contribution in [0.2, 0.25) is 0 Å². The third kappa shape index (κ3) is 4.88. The smallest absolute Gasteiger partial charge is 0.220 e. The molecule has 2 aromatic carbocycles. The molecule has 6 heteroatoms. The molecule has 1 N–H and O–H groups in total. The van der Waals surface area contributed by atoms with Crippen molar-refractivity contribution >= 4 is 5.91 Å². The lowest BCUT2D eigenvalue weighted by Crippen LogP contribution is -2.23. The molecule has 0 aliphatic heterocycles. The van der Waals surface area contributed by atoms with Gasteiger partial charge < -0.3 is 19.5 Å². The maximum atomic E-state index is 13.5. The molecular formula is C20H24FNO4. The Kier molecular flexibility index (Phi) is 6.83. The monoisotopic (exact) mass is 361 g/mol. The van der Waals surface area contributed by atoms with E-state index in [0.29, 0.717) is 42.2 Å². The number of amides is 1. The van der Waals surface area contributed by atoms with Gasteiger partial charge in [0.1, 0.15) is 5.82 Å². The molecule has 5 nitrogen and oxygen atoms in total. The molecule has 0 saturated heterocycles. The Bertz CT molecular complexity index is 751. The molecule has 0 aromatic heterocycles. The molecule has 140 valence electrons. The van der Waals surface area contributed by atoms with Crippen LogP contribution in [0.3, 0.4) is 0 Å². The fraction of sp³-hybridized carbons (Fsp3) is 0.350. The van der Waals surface area contributed by atoms with Gasteiger partial charge in [0.25, 0.3) is 0 Å². The third-order valence-corrected chi connectivity index (χ3v) is 4.09. The summed E-state index contributed by atoms with van der Waals surface area (Å²) in [6, 6.07) is 8.59. The van der Waals surface area contributed by atoms with Gasteiger partial charge in [-0.1, -0.05) is 12.1 Å². The van der Waals surface area contributed by atoms with Crippen molar-refractivity contribution < 1.29 is 23.4 Å². The van der Waals surface area contributed by atoms with Gasteiger partial charge in [-0.3, -0.25) is 4.79 Å². The van der Waals surface area contributed by atoms with Crippen LogP contribution in [0.15, 0.2) is 30.3 Å². The van der Waals surface area contributed by atoms with Crippen LogP contribution in [-0.2, 0) is 17.8 Å². The minimum Gasteiger partial charge on any atom is -0.493 e. The van der Waals surface area contributed by atoms with Crippen molar-refractivity contribution in [2.24, 2.45) is 0 Å². The molecule has 0 aliphatic rings. The van der Waals surface area contributed by atoms with Crippen molar-refractivity contribution in [2.75, 3.05) is 21.3 Å². The van der Waals surface area contributed by atoms with Gasteiger partial charge in [0.2, 0.25) is 11.7 Å². The van der Waals surface area contributed by atoms with Crippen molar-refractivity contribution in [1.82, 2.24) is 5.32 Å². The summed E-state index contributed by atoms with van der Waals surface area (Å²) in [5, 5.41) is 2.80. The van der Waals surface area contributed by atoms with Gasteiger partial charge in [-0.05, 0) is 48.2 Å². The Labute approximate surface area is 153 Å². The fourth-order valence-corrected chi connectivity index (χ4v) is 2.57. The van der Waals surface area contributed by atoms with Gasteiger partial charge in [-0.2, -0.15) is 0 Å². The summed E-state index contributed by atoms with van der Waals surface area (Å²) in [4.78, 5) is 12.1. The number of carbonyl (C=O) groups is 1. The molecule has 0 aliphatic carbocycles. The molecular weight excluding hydrogens is 337 g/mol. The van der Waals surface area contributed by atoms with Crippen molar-refractivity contribution in [3.05, 3.63) is 52.8 Å². The highest BCUT2D eigenvalue weighted by Crippen LogP contribution is 2.38. The second kappa shape index (κ2) is 9.08. The highest BCUT2D eigenvalue weighted by molar-refractivity contribution is 5.76. The van der Waals surface area contributed by atoms with Crippen LogP contribution in [-0.4, -0.2) is 27.2 Å². The predicted molar refractivity (Wildman–Crippen MR) is 97.4 cm³/mol. The SMILES string of the molecule is COc1cc(CCC(=O)NCc2ccc(C)c(F)c2)cc(OC)c1OC. The first-order valence-electron chi connectivity index (χ1n) is 8.29. The van der Waals surface area contributed by atoms with E-state index < -0.39 is 0 Å². The molecule has 2 aromatic rings. The first-order chi connectivity index (χ1) is 12.5. The molecule has 1 amide bonds. The second-order valence-electron chi connectivity index (χ2n) is 5.89. The highest BCUT2D eigenvalue weighted by atomic mass is 19.1. The summed E-state index contributed by atoms with van der Waals surface area (Å²) in [6.07, 6.45) is 0.817. The highest BCUT2D eigenvalue weighted by Gasteiger charge is 2.14. The van der Waals surface area contributed by atoms with E-state index >= 15 is 0 Å². The summed E-state index contributed by atoms with van der Waals surface area (Å²) in [5.74, 6) is 1.24. The lowest BCUT2D eigenvalue weighted by atomic mass is 10.1. The van der Waals surface area contributed by atoms with Crippen LogP contribution in [0, 0.1) is 12.7 Å². The van der Waals surface area contributed by atoms with E-state index in [0.717, 1.165) is 11.1 Å². The molecule has 2 rings (SSSR count). The van der Waals surface area contributed by atoms with E-state index in [-0.39, 0.29) is 11.7 Å². The summed E-state index contributed by atoms with van der Waals surface area (Å²) in [5.41, 5.74) is 2.22. The first-order valence-corrected chi connectivity index (χ1v) is 8.29. The standard InChI is InChI=1S/C20H24FNO4/c1-13-5-6-15(9-16(13)21)12-22-19(23)8-7-14-10-17(24-2)20(26-4)18(11-14)25-3/h5-6,9-11H,7-8,12H2,1-4H3,(H,22,23). The predicted octanol–water partition coefficient (Wildman–Crippen LogP) is 3.41. The van der Waals surface area contributed by atoms with Crippen LogP contribution in [0.25, 0.3) is 0 Å². The topological polar surface area (TPSA) is 56.8 Å². The lowest BCUT2D eigenvalue weighted by Gasteiger charge is -2.14. The van der Waals surface area contributed by atoms with E-state index in [1.165, 1.54) is 6.07 Å². The Morgan fingerprint density at radius 1 is 1.00 bits per heavy atom. The Morgan fingerprint density at radius 3 is 2.19 bits per heavy atom. The number of hydrogen-bond donors (Lipinski definition) is 1. The zero-order valence-corrected chi connectivity index (χ0v) is 15.5. The summed E-state index contributed by atoms with van der Waals surface area (Å²) in [7, 11) is 4.64. The molecule has 0 atom stereocenters. The number of rotatable bonds is 8. The number of hydrogen-bond acceptors (Lipinski definition) is 4. The third-order valence-electron chi connectivity index (χ3n) is 4.09. The number of nitrogens with one attached hydrogen (secondary N) is 1. The number of halogens is 1. The zero-order valence-electron chi connectivity index (χ0n) is 15.5. The van der Waals surface area contributed by atoms with Crippen LogP contribution >= 0.6 is 0 Å². The van der Waals surface area contributed by atoms with Crippen LogP contribution in [0.1, 0.15) is 23.1 Å². The van der Waals surface area contributed by atoms with Crippen molar-refractivity contribution in [3.8, 4) is 17.2 Å². The van der Waals surface area contributed by atoms with Crippen LogP contribution in [0.4, 0.5) is 4.39 Å². The maximum absolute atomic E-state index is 13.5. The summed E-state index contributed by atoms with van der Waals surface area (Å²) in [6.45, 7) is 2.00. The largest absolute Gasteiger partial charge is 0.493 e. The second-order valence-corrected chi connectivity index (χ2v) is 5.89. The zero-order chi connectivity index (χ0) is 19.1. The van der Waals surface area contributed by atoms with E-state index in [4.69, 9.17) is 14.2 Å². The Balaban J connectivity index is 1.95. The van der Waals surface area contributed by atoms with E-state index in [9.17, 15) is 9.18 Å². The molecule has 26 heavy (non-hydrogen) atoms. The van der Waals surface area contributed by atoms with Gasteiger partial charge in [0.05, 0.1) is 21.3 Å². The maximum Gasteiger partial charge on any atom is 0.220 e. The van der Waals surface area contributed by atoms with Gasteiger partial charge in [-0.15, -0.1) is 0 Å². The molecule has 0 radical (unpaired) electrons. The fourth-order valence-electron chi connectivity index (χ4n) is 2.57. The van der Waals surface area contributed by atoms with Gasteiger partial charge in [-0.25, -0.2) is 4.39 Å². The minimum atomic E-state index is -0.269. The minimum absolute atomic E-state index is 0.111. The molecule has 0 saturated carbocycles. The average Bonchev–Trinajstić information content (AvgIpc) is 2.66. The number of carbonyl (C=O) groups excluding carboxylic acids is 1. The Morgan fingerprint density at radius 2 is 1.65 bits per heavy atom. The van der Waals surface area contributed by atoms with Crippen molar-refractivity contribution in [1.29, 1.82) is 0 Å². The van der Waals surface area contributed by atoms with Gasteiger partial charge in [0.15, 0.2) is 11.5 Å². The number of methoxy groups -OCH3 is 3. The van der Waals surface area contributed by atoms with Crippen LogP contribution < -0.4 is 19.5 Å². The summed E-state index contributed by atoms with van der Waals surface area (Å²) < 4.78 is 29.4. The molecule has 0 heterocycles. The summed E-state index contributed by atoms with van der Waals surface area (Å²) >= 11 is 0. The number of aryl methyl sites for hydroxylation is 2. The van der Waals surface area contributed by atoms with Crippen LogP contribution in [0.5, 0.6) is 17.2 Å². The quantitative estimate of drug-likeness (QED) is 0.783. The molecule has 0 fully saturated rings. The Hall–Kier alpha value is -2.76. The number of benzene rings is 2.